The van der Waals surface area contributed by atoms with Crippen molar-refractivity contribution >= 4 is 43.8 Å². The van der Waals surface area contributed by atoms with Crippen molar-refractivity contribution in [2.24, 2.45) is 7.05 Å². The van der Waals surface area contributed by atoms with Gasteiger partial charge in [0.15, 0.2) is 0 Å². The van der Waals surface area contributed by atoms with Crippen molar-refractivity contribution in [1.82, 2.24) is 4.57 Å². The maximum absolute atomic E-state index is 12.7. The van der Waals surface area contributed by atoms with Crippen LogP contribution in [-0.2, 0) is 19.9 Å². The fourth-order valence-electron chi connectivity index (χ4n) is 3.21. The number of carbonyl (C=O) groups is 1. The molecule has 0 saturated heterocycles. The largest absolute Gasteiger partial charge is 0.339 e. The summed E-state index contributed by atoms with van der Waals surface area (Å²) in [5.74, 6) is -0.147. The van der Waals surface area contributed by atoms with Gasteiger partial charge in [-0.25, -0.2) is 0 Å². The van der Waals surface area contributed by atoms with E-state index < -0.39 is 0 Å². The van der Waals surface area contributed by atoms with Gasteiger partial charge in [-0.15, -0.1) is 22.7 Å². The summed E-state index contributed by atoms with van der Waals surface area (Å²) < 4.78 is 3.00. The molecule has 0 bridgehead atoms. The van der Waals surface area contributed by atoms with Crippen LogP contribution in [0, 0.1) is 11.3 Å². The van der Waals surface area contributed by atoms with Crippen molar-refractivity contribution < 1.29 is 4.79 Å². The van der Waals surface area contributed by atoms with E-state index in [1.54, 1.807) is 22.7 Å². The average molecular weight is 341 g/mol. The minimum absolute atomic E-state index is 0.147. The number of hydrogen-bond acceptors (Lipinski definition) is 4. The molecular weight excluding hydrogens is 326 g/mol. The van der Waals surface area contributed by atoms with Crippen LogP contribution in [0.2, 0.25) is 0 Å². The summed E-state index contributed by atoms with van der Waals surface area (Å²) in [6.45, 7) is 0. The van der Waals surface area contributed by atoms with Crippen LogP contribution in [0.5, 0.6) is 0 Å². The molecule has 6 heteroatoms. The molecule has 116 valence electrons. The summed E-state index contributed by atoms with van der Waals surface area (Å²) in [4.78, 5) is 13.9. The maximum Gasteiger partial charge on any atom is 0.272 e. The zero-order chi connectivity index (χ0) is 16.0. The van der Waals surface area contributed by atoms with Crippen LogP contribution in [0.4, 0.5) is 5.00 Å². The maximum atomic E-state index is 12.7. The molecule has 4 rings (SSSR count). The van der Waals surface area contributed by atoms with E-state index in [-0.39, 0.29) is 5.91 Å². The molecule has 23 heavy (non-hydrogen) atoms. The first-order valence-corrected chi connectivity index (χ1v) is 9.27. The van der Waals surface area contributed by atoms with Crippen molar-refractivity contribution in [3.63, 3.8) is 0 Å². The van der Waals surface area contributed by atoms with Gasteiger partial charge in [-0.2, -0.15) is 5.26 Å². The normalized spacial score (nSPS) is 13.7. The van der Waals surface area contributed by atoms with Crippen LogP contribution in [0.3, 0.4) is 0 Å². The van der Waals surface area contributed by atoms with Gasteiger partial charge in [0.05, 0.1) is 15.8 Å². The van der Waals surface area contributed by atoms with E-state index in [0.717, 1.165) is 35.0 Å². The van der Waals surface area contributed by atoms with Crippen molar-refractivity contribution in [3.8, 4) is 6.07 Å². The number of nitrogens with zero attached hydrogens (tertiary/aromatic N) is 2. The fraction of sp³-hybridized carbons (Fsp3) is 0.294. The molecule has 1 aliphatic rings. The molecular formula is C17H15N3OS2. The predicted octanol–water partition coefficient (Wildman–Crippen LogP) is 4.30. The Kier molecular flexibility index (Phi) is 3.47. The minimum atomic E-state index is -0.147. The molecule has 0 atom stereocenters. The van der Waals surface area contributed by atoms with Crippen molar-refractivity contribution in [3.05, 3.63) is 39.2 Å². The topological polar surface area (TPSA) is 57.8 Å². The first-order valence-electron chi connectivity index (χ1n) is 7.58. The van der Waals surface area contributed by atoms with E-state index in [4.69, 9.17) is 0 Å². The third-order valence-corrected chi connectivity index (χ3v) is 6.47. The molecule has 0 spiro atoms. The smallest absolute Gasteiger partial charge is 0.272 e. The third-order valence-electron chi connectivity index (χ3n) is 4.41. The van der Waals surface area contributed by atoms with Gasteiger partial charge in [-0.05, 0) is 48.8 Å². The molecule has 0 saturated carbocycles. The van der Waals surface area contributed by atoms with E-state index in [0.29, 0.717) is 16.3 Å². The highest BCUT2D eigenvalue weighted by Gasteiger charge is 2.23. The second-order valence-corrected chi connectivity index (χ2v) is 7.79. The summed E-state index contributed by atoms with van der Waals surface area (Å²) in [6.07, 6.45) is 4.26. The number of nitriles is 1. The van der Waals surface area contributed by atoms with Gasteiger partial charge in [0, 0.05) is 11.9 Å². The molecule has 1 aliphatic carbocycles. The molecule has 1 amide bonds. The number of amides is 1. The number of fused-ring (bicyclic) bond motifs is 2. The van der Waals surface area contributed by atoms with E-state index in [1.807, 2.05) is 29.1 Å². The summed E-state index contributed by atoms with van der Waals surface area (Å²) in [6, 6.07) is 6.21. The quantitative estimate of drug-likeness (QED) is 0.755. The predicted molar refractivity (Wildman–Crippen MR) is 94.4 cm³/mol. The molecule has 0 unspecified atom stereocenters. The standard InChI is InChI=1S/C17H15N3OS2/c1-20-12-6-7-22-15(12)8-13(20)16(21)19-17-11(9-18)10-4-2-3-5-14(10)23-17/h6-8H,2-5H2,1H3,(H,19,21). The van der Waals surface area contributed by atoms with Gasteiger partial charge in [0.25, 0.3) is 5.91 Å². The summed E-state index contributed by atoms with van der Waals surface area (Å²) in [5, 5.41) is 15.2. The van der Waals surface area contributed by atoms with Crippen molar-refractivity contribution in [2.45, 2.75) is 25.7 Å². The SMILES string of the molecule is Cn1c(C(=O)Nc2sc3c(c2C#N)CCCC3)cc2sccc21. The Balaban J connectivity index is 1.69. The van der Waals surface area contributed by atoms with Gasteiger partial charge in [0.1, 0.15) is 16.8 Å². The van der Waals surface area contributed by atoms with E-state index in [2.05, 4.69) is 11.4 Å². The van der Waals surface area contributed by atoms with E-state index >= 15 is 0 Å². The summed E-state index contributed by atoms with van der Waals surface area (Å²) in [5.41, 5.74) is 3.49. The second-order valence-electron chi connectivity index (χ2n) is 5.74. The second kappa shape index (κ2) is 5.52. The Bertz CT molecular complexity index is 955. The zero-order valence-electron chi connectivity index (χ0n) is 12.7. The van der Waals surface area contributed by atoms with Crippen LogP contribution in [0.25, 0.3) is 10.2 Å². The molecule has 3 heterocycles. The third kappa shape index (κ3) is 2.28. The van der Waals surface area contributed by atoms with Crippen LogP contribution in [0.15, 0.2) is 17.5 Å². The molecule has 1 N–H and O–H groups in total. The Morgan fingerprint density at radius 1 is 1.39 bits per heavy atom. The van der Waals surface area contributed by atoms with Crippen molar-refractivity contribution in [1.29, 1.82) is 5.26 Å². The van der Waals surface area contributed by atoms with Gasteiger partial charge in [-0.3, -0.25) is 4.79 Å². The highest BCUT2D eigenvalue weighted by Crippen LogP contribution is 2.38. The molecule has 4 nitrogen and oxygen atoms in total. The Labute approximate surface area is 142 Å². The van der Waals surface area contributed by atoms with E-state index in [9.17, 15) is 10.1 Å². The Hall–Kier alpha value is -2.10. The first kappa shape index (κ1) is 14.5. The molecule has 0 aliphatic heterocycles. The number of aromatic nitrogens is 1. The average Bonchev–Trinajstić information content (AvgIpc) is 3.21. The van der Waals surface area contributed by atoms with Crippen molar-refractivity contribution in [2.75, 3.05) is 5.32 Å². The minimum Gasteiger partial charge on any atom is -0.339 e. The van der Waals surface area contributed by atoms with E-state index in [1.165, 1.54) is 11.3 Å². The lowest BCUT2D eigenvalue weighted by atomic mass is 9.96. The number of rotatable bonds is 2. The van der Waals surface area contributed by atoms with Gasteiger partial charge in [0.2, 0.25) is 0 Å². The Morgan fingerprint density at radius 3 is 3.00 bits per heavy atom. The molecule has 0 aromatic carbocycles. The fourth-order valence-corrected chi connectivity index (χ4v) is 5.29. The van der Waals surface area contributed by atoms with Gasteiger partial charge >= 0.3 is 0 Å². The van der Waals surface area contributed by atoms with Crippen LogP contribution >= 0.6 is 22.7 Å². The lowest BCUT2D eigenvalue weighted by Crippen LogP contribution is -2.15. The molecule has 3 aromatic rings. The number of anilines is 1. The molecule has 3 aromatic heterocycles. The summed E-state index contributed by atoms with van der Waals surface area (Å²) >= 11 is 3.19. The first-order chi connectivity index (χ1) is 11.2. The number of thiophene rings is 2. The van der Waals surface area contributed by atoms with Gasteiger partial charge in [-0.1, -0.05) is 0 Å². The number of nitrogens with one attached hydrogen (secondary N) is 1. The monoisotopic (exact) mass is 341 g/mol. The lowest BCUT2D eigenvalue weighted by Gasteiger charge is -2.09. The lowest BCUT2D eigenvalue weighted by molar-refractivity contribution is 0.102. The number of hydrogen-bond donors (Lipinski definition) is 1. The van der Waals surface area contributed by atoms with Crippen LogP contribution < -0.4 is 5.32 Å². The number of carbonyl (C=O) groups excluding carboxylic acids is 1. The highest BCUT2D eigenvalue weighted by atomic mass is 32.1. The zero-order valence-corrected chi connectivity index (χ0v) is 14.3. The summed E-state index contributed by atoms with van der Waals surface area (Å²) in [7, 11) is 1.90. The van der Waals surface area contributed by atoms with Crippen LogP contribution in [-0.4, -0.2) is 10.5 Å². The molecule has 0 fully saturated rings. The highest BCUT2D eigenvalue weighted by molar-refractivity contribution is 7.17. The molecule has 0 radical (unpaired) electrons. The van der Waals surface area contributed by atoms with Gasteiger partial charge < -0.3 is 9.88 Å². The number of aryl methyl sites for hydroxylation is 2. The Morgan fingerprint density at radius 2 is 2.22 bits per heavy atom. The van der Waals surface area contributed by atoms with Crippen LogP contribution in [0.1, 0.15) is 39.3 Å².